The largest absolute Gasteiger partial charge is 0.480 e. The van der Waals surface area contributed by atoms with Crippen LogP contribution in [-0.4, -0.2) is 33.9 Å². The molecule has 0 heterocycles. The highest BCUT2D eigenvalue weighted by atomic mass is 35.5. The number of rotatable bonds is 4. The van der Waals surface area contributed by atoms with Crippen LogP contribution in [0.4, 0.5) is 10.5 Å². The number of carbonyl (C=O) groups is 2. The zero-order valence-electron chi connectivity index (χ0n) is 12.5. The van der Waals surface area contributed by atoms with Crippen LogP contribution in [0.5, 0.6) is 0 Å². The Morgan fingerprint density at radius 3 is 2.41 bits per heavy atom. The average molecular weight is 331 g/mol. The van der Waals surface area contributed by atoms with Gasteiger partial charge in [-0.15, -0.1) is 0 Å². The third-order valence-electron chi connectivity index (χ3n) is 2.59. The van der Waals surface area contributed by atoms with Gasteiger partial charge in [-0.05, 0) is 32.9 Å². The molecule has 0 spiro atoms. The number of aliphatic carboxylic acids is 1. The minimum absolute atomic E-state index is 0.0813. The maximum absolute atomic E-state index is 11.6. The Balaban J connectivity index is 2.86. The number of carboxylic acid groups (broad SMARTS) is 1. The molecule has 1 amide bonds. The average Bonchev–Trinajstić information content (AvgIpc) is 2.34. The van der Waals surface area contributed by atoms with Gasteiger partial charge in [0, 0.05) is 16.3 Å². The molecule has 0 aliphatic heterocycles. The first-order valence-electron chi connectivity index (χ1n) is 6.47. The fourth-order valence-corrected chi connectivity index (χ4v) is 1.89. The first-order chi connectivity index (χ1) is 10.0. The van der Waals surface area contributed by atoms with Crippen LogP contribution in [0.15, 0.2) is 18.2 Å². The van der Waals surface area contributed by atoms with Crippen molar-refractivity contribution in [1.29, 1.82) is 0 Å². The van der Waals surface area contributed by atoms with Crippen LogP contribution >= 0.6 is 11.6 Å². The van der Waals surface area contributed by atoms with Gasteiger partial charge < -0.3 is 20.7 Å². The summed E-state index contributed by atoms with van der Waals surface area (Å²) in [7, 11) is 0. The smallest absolute Gasteiger partial charge is 0.412 e. The molecular weight excluding hydrogens is 312 g/mol. The van der Waals surface area contributed by atoms with Crippen molar-refractivity contribution in [3.05, 3.63) is 28.8 Å². The number of aliphatic hydroxyl groups is 1. The molecule has 1 aromatic rings. The first-order valence-corrected chi connectivity index (χ1v) is 6.85. The van der Waals surface area contributed by atoms with Gasteiger partial charge in [-0.2, -0.15) is 0 Å². The number of ether oxygens (including phenoxy) is 1. The fourth-order valence-electron chi connectivity index (χ4n) is 1.59. The number of amides is 1. The highest BCUT2D eigenvalue weighted by Gasteiger charge is 2.25. The second kappa shape index (κ2) is 6.95. The second-order valence-corrected chi connectivity index (χ2v) is 6.08. The molecule has 0 saturated heterocycles. The number of benzene rings is 1. The van der Waals surface area contributed by atoms with E-state index in [2.05, 4.69) is 5.32 Å². The van der Waals surface area contributed by atoms with Crippen molar-refractivity contribution in [2.45, 2.75) is 38.5 Å². The van der Waals surface area contributed by atoms with Gasteiger partial charge in [0.25, 0.3) is 0 Å². The van der Waals surface area contributed by atoms with Gasteiger partial charge in [0.2, 0.25) is 0 Å². The van der Waals surface area contributed by atoms with Crippen LogP contribution in [0.2, 0.25) is 5.02 Å². The summed E-state index contributed by atoms with van der Waals surface area (Å²) in [5, 5.41) is 21.2. The van der Waals surface area contributed by atoms with Gasteiger partial charge in [0.15, 0.2) is 0 Å². The van der Waals surface area contributed by atoms with Crippen molar-refractivity contribution in [3.8, 4) is 0 Å². The number of carbonyl (C=O) groups excluding carboxylic acids is 1. The van der Waals surface area contributed by atoms with E-state index in [4.69, 9.17) is 27.2 Å². The summed E-state index contributed by atoms with van der Waals surface area (Å²) in [6.07, 6.45) is -2.11. The second-order valence-electron chi connectivity index (χ2n) is 5.67. The van der Waals surface area contributed by atoms with Crippen LogP contribution < -0.4 is 11.1 Å². The van der Waals surface area contributed by atoms with Crippen molar-refractivity contribution < 1.29 is 24.5 Å². The Morgan fingerprint density at radius 1 is 1.36 bits per heavy atom. The number of anilines is 1. The topological polar surface area (TPSA) is 122 Å². The molecule has 5 N–H and O–H groups in total. The monoisotopic (exact) mass is 330 g/mol. The SMILES string of the molecule is CC(C)(C)OC(=O)Nc1ccc(C(O)C(N)C(=O)O)c(Cl)c1. The molecule has 0 saturated carbocycles. The van der Waals surface area contributed by atoms with E-state index in [0.29, 0.717) is 5.69 Å². The van der Waals surface area contributed by atoms with Gasteiger partial charge >= 0.3 is 12.1 Å². The molecule has 7 nitrogen and oxygen atoms in total. The summed E-state index contributed by atoms with van der Waals surface area (Å²) in [5.41, 5.74) is 5.22. The van der Waals surface area contributed by atoms with Gasteiger partial charge in [0.05, 0.1) is 0 Å². The van der Waals surface area contributed by atoms with E-state index in [-0.39, 0.29) is 10.6 Å². The van der Waals surface area contributed by atoms with E-state index in [1.54, 1.807) is 20.8 Å². The summed E-state index contributed by atoms with van der Waals surface area (Å²) in [6, 6.07) is 2.73. The molecule has 122 valence electrons. The summed E-state index contributed by atoms with van der Waals surface area (Å²) in [4.78, 5) is 22.4. The summed E-state index contributed by atoms with van der Waals surface area (Å²) >= 11 is 5.99. The number of hydrogen-bond donors (Lipinski definition) is 4. The molecular formula is C14H19ClN2O5. The minimum Gasteiger partial charge on any atom is -0.480 e. The number of hydrogen-bond acceptors (Lipinski definition) is 5. The number of aliphatic hydroxyl groups excluding tert-OH is 1. The van der Waals surface area contributed by atoms with E-state index in [0.717, 1.165) is 0 Å². The molecule has 0 aliphatic rings. The quantitative estimate of drug-likeness (QED) is 0.671. The first kappa shape index (κ1) is 18.2. The van der Waals surface area contributed by atoms with Crippen molar-refractivity contribution >= 4 is 29.4 Å². The Hall–Kier alpha value is -1.83. The predicted molar refractivity (Wildman–Crippen MR) is 81.9 cm³/mol. The third kappa shape index (κ3) is 5.18. The van der Waals surface area contributed by atoms with Crippen molar-refractivity contribution in [3.63, 3.8) is 0 Å². The lowest BCUT2D eigenvalue weighted by Gasteiger charge is -2.20. The Morgan fingerprint density at radius 2 is 1.95 bits per heavy atom. The summed E-state index contributed by atoms with van der Waals surface area (Å²) < 4.78 is 5.09. The van der Waals surface area contributed by atoms with Crippen LogP contribution in [0.25, 0.3) is 0 Å². The lowest BCUT2D eigenvalue weighted by molar-refractivity contribution is -0.141. The Bertz CT molecular complexity index is 571. The van der Waals surface area contributed by atoms with Gasteiger partial charge in [-0.3, -0.25) is 10.1 Å². The van der Waals surface area contributed by atoms with Crippen LogP contribution in [-0.2, 0) is 9.53 Å². The van der Waals surface area contributed by atoms with E-state index in [1.807, 2.05) is 0 Å². The van der Waals surface area contributed by atoms with Gasteiger partial charge in [0.1, 0.15) is 17.7 Å². The highest BCUT2D eigenvalue weighted by Crippen LogP contribution is 2.28. The van der Waals surface area contributed by atoms with E-state index in [1.165, 1.54) is 18.2 Å². The predicted octanol–water partition coefficient (Wildman–Crippen LogP) is 2.13. The Labute approximate surface area is 133 Å². The number of halogens is 1. The van der Waals surface area contributed by atoms with Crippen molar-refractivity contribution in [2.24, 2.45) is 5.73 Å². The molecule has 8 heteroatoms. The normalized spacial score (nSPS) is 14.1. The van der Waals surface area contributed by atoms with Crippen molar-refractivity contribution in [2.75, 3.05) is 5.32 Å². The van der Waals surface area contributed by atoms with Crippen LogP contribution in [0, 0.1) is 0 Å². The van der Waals surface area contributed by atoms with E-state index < -0.39 is 29.8 Å². The molecule has 2 unspecified atom stereocenters. The Kier molecular flexibility index (Phi) is 5.76. The molecule has 0 radical (unpaired) electrons. The third-order valence-corrected chi connectivity index (χ3v) is 2.92. The number of carboxylic acids is 1. The van der Waals surface area contributed by atoms with Crippen LogP contribution in [0.3, 0.4) is 0 Å². The van der Waals surface area contributed by atoms with E-state index in [9.17, 15) is 14.7 Å². The van der Waals surface area contributed by atoms with Gasteiger partial charge in [-0.1, -0.05) is 17.7 Å². The maximum Gasteiger partial charge on any atom is 0.412 e. The fraction of sp³-hybridized carbons (Fsp3) is 0.429. The molecule has 22 heavy (non-hydrogen) atoms. The standard InChI is InChI=1S/C14H19ClN2O5/c1-14(2,3)22-13(21)17-7-4-5-8(9(15)6-7)11(18)10(16)12(19)20/h4-6,10-11,18H,16H2,1-3H3,(H,17,21)(H,19,20). The van der Waals surface area contributed by atoms with E-state index >= 15 is 0 Å². The highest BCUT2D eigenvalue weighted by molar-refractivity contribution is 6.31. The lowest BCUT2D eigenvalue weighted by Crippen LogP contribution is -2.36. The molecule has 1 aromatic carbocycles. The molecule has 0 aromatic heterocycles. The number of nitrogens with one attached hydrogen (secondary N) is 1. The van der Waals surface area contributed by atoms with Gasteiger partial charge in [-0.25, -0.2) is 4.79 Å². The lowest BCUT2D eigenvalue weighted by atomic mass is 10.0. The maximum atomic E-state index is 11.6. The minimum atomic E-state index is -1.50. The van der Waals surface area contributed by atoms with Crippen molar-refractivity contribution in [1.82, 2.24) is 0 Å². The zero-order chi connectivity index (χ0) is 17.1. The molecule has 0 aliphatic carbocycles. The molecule has 0 bridgehead atoms. The molecule has 1 rings (SSSR count). The summed E-state index contributed by atoms with van der Waals surface area (Å²) in [6.45, 7) is 5.19. The molecule has 0 fully saturated rings. The number of nitrogens with two attached hydrogens (primary N) is 1. The van der Waals surface area contributed by atoms with Crippen LogP contribution in [0.1, 0.15) is 32.4 Å². The molecule has 2 atom stereocenters. The zero-order valence-corrected chi connectivity index (χ0v) is 13.2. The summed E-state index contributed by atoms with van der Waals surface area (Å²) in [5.74, 6) is -1.35.